The minimum atomic E-state index is -4.80. The molecule has 4 atom stereocenters. The van der Waals surface area contributed by atoms with Crippen molar-refractivity contribution in [3.63, 3.8) is 0 Å². The SMILES string of the molecule is CC(=O)OC1CC(OCc2ccccc2)C(O)C(C(F)(F)F)O1. The van der Waals surface area contributed by atoms with Crippen molar-refractivity contribution in [2.24, 2.45) is 0 Å². The van der Waals surface area contributed by atoms with Crippen LogP contribution < -0.4 is 0 Å². The van der Waals surface area contributed by atoms with E-state index in [1.165, 1.54) is 0 Å². The third kappa shape index (κ3) is 4.92. The predicted molar refractivity (Wildman–Crippen MR) is 72.1 cm³/mol. The molecule has 1 N–H and O–H groups in total. The highest BCUT2D eigenvalue weighted by Crippen LogP contribution is 2.34. The van der Waals surface area contributed by atoms with Crippen molar-refractivity contribution in [1.82, 2.24) is 0 Å². The van der Waals surface area contributed by atoms with Crippen molar-refractivity contribution in [2.45, 2.75) is 50.7 Å². The third-order valence-corrected chi connectivity index (χ3v) is 3.34. The van der Waals surface area contributed by atoms with E-state index in [4.69, 9.17) is 9.47 Å². The first-order valence-electron chi connectivity index (χ1n) is 7.00. The zero-order chi connectivity index (χ0) is 17.0. The van der Waals surface area contributed by atoms with E-state index >= 15 is 0 Å². The van der Waals surface area contributed by atoms with E-state index in [1.54, 1.807) is 30.3 Å². The van der Waals surface area contributed by atoms with E-state index in [-0.39, 0.29) is 13.0 Å². The molecule has 1 aromatic carbocycles. The highest BCUT2D eigenvalue weighted by atomic mass is 19.4. The van der Waals surface area contributed by atoms with Crippen LogP contribution in [0.5, 0.6) is 0 Å². The lowest BCUT2D eigenvalue weighted by molar-refractivity contribution is -0.326. The first kappa shape index (κ1) is 17.7. The lowest BCUT2D eigenvalue weighted by Crippen LogP contribution is -2.56. The fraction of sp³-hybridized carbons (Fsp3) is 0.533. The van der Waals surface area contributed by atoms with Crippen molar-refractivity contribution in [3.05, 3.63) is 35.9 Å². The summed E-state index contributed by atoms with van der Waals surface area (Å²) < 4.78 is 53.6. The second-order valence-electron chi connectivity index (χ2n) is 5.20. The van der Waals surface area contributed by atoms with E-state index in [2.05, 4.69) is 4.74 Å². The molecule has 1 fully saturated rings. The van der Waals surface area contributed by atoms with Gasteiger partial charge < -0.3 is 19.3 Å². The van der Waals surface area contributed by atoms with E-state index in [0.717, 1.165) is 12.5 Å². The smallest absolute Gasteiger partial charge is 0.417 e. The monoisotopic (exact) mass is 334 g/mol. The van der Waals surface area contributed by atoms with Crippen LogP contribution in [-0.2, 0) is 25.6 Å². The molecule has 0 amide bonds. The number of hydrogen-bond donors (Lipinski definition) is 1. The Morgan fingerprint density at radius 2 is 2.00 bits per heavy atom. The molecule has 23 heavy (non-hydrogen) atoms. The van der Waals surface area contributed by atoms with Gasteiger partial charge in [-0.1, -0.05) is 30.3 Å². The summed E-state index contributed by atoms with van der Waals surface area (Å²) in [6.07, 6.45) is -11.9. The summed E-state index contributed by atoms with van der Waals surface area (Å²) in [5, 5.41) is 9.88. The van der Waals surface area contributed by atoms with Crippen molar-refractivity contribution >= 4 is 5.97 Å². The van der Waals surface area contributed by atoms with Gasteiger partial charge in [0, 0.05) is 13.3 Å². The summed E-state index contributed by atoms with van der Waals surface area (Å²) in [6.45, 7) is 1.09. The van der Waals surface area contributed by atoms with Crippen LogP contribution in [-0.4, -0.2) is 41.9 Å². The van der Waals surface area contributed by atoms with Gasteiger partial charge in [0.25, 0.3) is 0 Å². The number of rotatable bonds is 4. The Labute approximate surface area is 131 Å². The maximum absolute atomic E-state index is 13.0. The predicted octanol–water partition coefficient (Wildman–Crippen LogP) is 2.17. The molecule has 4 unspecified atom stereocenters. The van der Waals surface area contributed by atoms with Gasteiger partial charge in [0.15, 0.2) is 6.10 Å². The molecule has 0 aromatic heterocycles. The van der Waals surface area contributed by atoms with Crippen LogP contribution in [0.4, 0.5) is 13.2 Å². The number of halogens is 3. The highest BCUT2D eigenvalue weighted by Gasteiger charge is 2.53. The number of hydrogen-bond acceptors (Lipinski definition) is 5. The van der Waals surface area contributed by atoms with Crippen LogP contribution in [0.15, 0.2) is 30.3 Å². The summed E-state index contributed by atoms with van der Waals surface area (Å²) in [5.74, 6) is -0.769. The number of esters is 1. The quantitative estimate of drug-likeness (QED) is 0.855. The van der Waals surface area contributed by atoms with Crippen molar-refractivity contribution in [1.29, 1.82) is 0 Å². The van der Waals surface area contributed by atoms with Gasteiger partial charge in [-0.15, -0.1) is 0 Å². The number of benzene rings is 1. The Kier molecular flexibility index (Phi) is 5.61. The van der Waals surface area contributed by atoms with Crippen LogP contribution in [0.25, 0.3) is 0 Å². The number of ether oxygens (including phenoxy) is 3. The van der Waals surface area contributed by atoms with Gasteiger partial charge in [-0.05, 0) is 5.56 Å². The molecule has 0 radical (unpaired) electrons. The molecular formula is C15H17F3O5. The molecule has 1 aromatic rings. The lowest BCUT2D eigenvalue weighted by Gasteiger charge is -2.39. The molecule has 0 saturated carbocycles. The van der Waals surface area contributed by atoms with Crippen LogP contribution >= 0.6 is 0 Å². The maximum atomic E-state index is 13.0. The van der Waals surface area contributed by atoms with E-state index in [9.17, 15) is 23.1 Å². The highest BCUT2D eigenvalue weighted by molar-refractivity contribution is 5.66. The topological polar surface area (TPSA) is 65.0 Å². The van der Waals surface area contributed by atoms with Gasteiger partial charge in [0.05, 0.1) is 12.7 Å². The number of alkyl halides is 3. The zero-order valence-electron chi connectivity index (χ0n) is 12.3. The second kappa shape index (κ2) is 7.29. The average Bonchev–Trinajstić information content (AvgIpc) is 2.47. The minimum absolute atomic E-state index is 0.0277. The molecule has 0 bridgehead atoms. The number of carbonyl (C=O) groups excluding carboxylic acids is 1. The molecule has 2 rings (SSSR count). The Bertz CT molecular complexity index is 520. The molecule has 1 heterocycles. The van der Waals surface area contributed by atoms with Crippen LogP contribution in [0.2, 0.25) is 0 Å². The Balaban J connectivity index is 2.07. The number of carbonyl (C=O) groups is 1. The summed E-state index contributed by atoms with van der Waals surface area (Å²) in [6, 6.07) is 8.81. The molecule has 1 aliphatic heterocycles. The molecule has 0 aliphatic carbocycles. The maximum Gasteiger partial charge on any atom is 0.417 e. The molecular weight excluding hydrogens is 317 g/mol. The number of aliphatic hydroxyl groups excluding tert-OH is 1. The first-order valence-corrected chi connectivity index (χ1v) is 7.00. The van der Waals surface area contributed by atoms with Crippen LogP contribution in [0.3, 0.4) is 0 Å². The standard InChI is InChI=1S/C15H17F3O5/c1-9(19)22-12-7-11(13(20)14(23-12)15(16,17)18)21-8-10-5-3-2-4-6-10/h2-6,11-14,20H,7-8H2,1H3. The molecule has 8 heteroatoms. The normalized spacial score (nSPS) is 28.4. The van der Waals surface area contributed by atoms with Crippen molar-refractivity contribution < 1.29 is 37.3 Å². The van der Waals surface area contributed by atoms with Gasteiger partial charge in [-0.25, -0.2) is 0 Å². The fourth-order valence-electron chi connectivity index (χ4n) is 2.30. The fourth-order valence-corrected chi connectivity index (χ4v) is 2.30. The summed E-state index contributed by atoms with van der Waals surface area (Å²) in [5.41, 5.74) is 0.749. The molecule has 5 nitrogen and oxygen atoms in total. The summed E-state index contributed by atoms with van der Waals surface area (Å²) in [7, 11) is 0. The first-order chi connectivity index (χ1) is 10.8. The molecule has 128 valence electrons. The Morgan fingerprint density at radius 1 is 1.35 bits per heavy atom. The van der Waals surface area contributed by atoms with E-state index in [0.29, 0.717) is 0 Å². The molecule has 0 spiro atoms. The number of aliphatic hydroxyl groups is 1. The lowest BCUT2D eigenvalue weighted by atomic mass is 10.0. The Hall–Kier alpha value is -1.64. The second-order valence-corrected chi connectivity index (χ2v) is 5.20. The summed E-state index contributed by atoms with van der Waals surface area (Å²) in [4.78, 5) is 10.9. The van der Waals surface area contributed by atoms with Crippen LogP contribution in [0.1, 0.15) is 18.9 Å². The van der Waals surface area contributed by atoms with E-state index in [1.807, 2.05) is 0 Å². The van der Waals surface area contributed by atoms with Gasteiger partial charge in [0.1, 0.15) is 6.10 Å². The van der Waals surface area contributed by atoms with Gasteiger partial charge in [-0.2, -0.15) is 13.2 Å². The largest absolute Gasteiger partial charge is 0.436 e. The average molecular weight is 334 g/mol. The van der Waals surface area contributed by atoms with Crippen molar-refractivity contribution in [3.8, 4) is 0 Å². The van der Waals surface area contributed by atoms with Gasteiger partial charge >= 0.3 is 12.1 Å². The third-order valence-electron chi connectivity index (χ3n) is 3.34. The molecule has 1 aliphatic rings. The van der Waals surface area contributed by atoms with Gasteiger partial charge in [-0.3, -0.25) is 4.79 Å². The Morgan fingerprint density at radius 3 is 2.57 bits per heavy atom. The van der Waals surface area contributed by atoms with Crippen molar-refractivity contribution in [2.75, 3.05) is 0 Å². The zero-order valence-corrected chi connectivity index (χ0v) is 12.3. The molecule has 1 saturated heterocycles. The van der Waals surface area contributed by atoms with E-state index < -0.39 is 36.7 Å². The minimum Gasteiger partial charge on any atom is -0.436 e. The summed E-state index contributed by atoms with van der Waals surface area (Å²) >= 11 is 0. The van der Waals surface area contributed by atoms with Crippen LogP contribution in [0, 0.1) is 0 Å². The van der Waals surface area contributed by atoms with Gasteiger partial charge in [0.2, 0.25) is 6.29 Å².